The van der Waals surface area contributed by atoms with E-state index in [1.165, 1.54) is 23.3 Å². The molecule has 3 rings (SSSR count). The average Bonchev–Trinajstić information content (AvgIpc) is 2.82. The van der Waals surface area contributed by atoms with Gasteiger partial charge in [0.2, 0.25) is 0 Å². The Labute approximate surface area is 106 Å². The predicted octanol–water partition coefficient (Wildman–Crippen LogP) is 3.15. The molecule has 1 aliphatic carbocycles. The van der Waals surface area contributed by atoms with E-state index in [1.807, 2.05) is 6.20 Å². The Morgan fingerprint density at radius 3 is 3.12 bits per heavy atom. The van der Waals surface area contributed by atoms with Crippen molar-refractivity contribution >= 4 is 27.3 Å². The van der Waals surface area contributed by atoms with E-state index in [-0.39, 0.29) is 0 Å². The summed E-state index contributed by atoms with van der Waals surface area (Å²) in [5, 5.41) is 12.8. The van der Waals surface area contributed by atoms with Gasteiger partial charge in [0.1, 0.15) is 0 Å². The number of thiophene rings is 1. The molecule has 0 aliphatic heterocycles. The van der Waals surface area contributed by atoms with Gasteiger partial charge < -0.3 is 5.32 Å². The molecule has 1 saturated carbocycles. The van der Waals surface area contributed by atoms with Crippen molar-refractivity contribution in [3.8, 4) is 10.6 Å². The lowest BCUT2D eigenvalue weighted by Crippen LogP contribution is -2.15. The Kier molecular flexibility index (Phi) is 2.83. The lowest BCUT2D eigenvalue weighted by molar-refractivity contribution is 0.689. The van der Waals surface area contributed by atoms with E-state index in [1.54, 1.807) is 11.3 Å². The van der Waals surface area contributed by atoms with Gasteiger partial charge in [-0.1, -0.05) is 0 Å². The Hall–Kier alpha value is -0.650. The van der Waals surface area contributed by atoms with Gasteiger partial charge in [0.25, 0.3) is 0 Å². The van der Waals surface area contributed by atoms with Crippen molar-refractivity contribution in [2.75, 3.05) is 0 Å². The van der Waals surface area contributed by atoms with Crippen LogP contribution in [-0.2, 0) is 6.54 Å². The third-order valence-corrected chi connectivity index (χ3v) is 4.40. The number of aromatic amines is 1. The van der Waals surface area contributed by atoms with Crippen LogP contribution >= 0.6 is 27.3 Å². The summed E-state index contributed by atoms with van der Waals surface area (Å²) in [4.78, 5) is 1.23. The molecule has 5 heteroatoms. The quantitative estimate of drug-likeness (QED) is 0.910. The standard InChI is InChI=1S/C11H12BrN3S/c12-8-3-10(16-6-8)11-7(5-14-15-11)4-13-9-1-2-9/h3,5-6,9,13H,1-2,4H2,(H,14,15). The molecule has 0 amide bonds. The fraction of sp³-hybridized carbons (Fsp3) is 0.364. The zero-order valence-corrected chi connectivity index (χ0v) is 11.1. The molecule has 3 nitrogen and oxygen atoms in total. The Balaban J connectivity index is 1.80. The van der Waals surface area contributed by atoms with E-state index in [4.69, 9.17) is 0 Å². The van der Waals surface area contributed by atoms with Crippen molar-refractivity contribution in [3.05, 3.63) is 27.7 Å². The molecule has 2 heterocycles. The third-order valence-electron chi connectivity index (χ3n) is 2.69. The monoisotopic (exact) mass is 297 g/mol. The van der Waals surface area contributed by atoms with Crippen LogP contribution in [0.3, 0.4) is 0 Å². The summed E-state index contributed by atoms with van der Waals surface area (Å²) in [7, 11) is 0. The zero-order valence-electron chi connectivity index (χ0n) is 8.66. The van der Waals surface area contributed by atoms with Crippen LogP contribution in [0.1, 0.15) is 18.4 Å². The summed E-state index contributed by atoms with van der Waals surface area (Å²) < 4.78 is 1.13. The molecular formula is C11H12BrN3S. The highest BCUT2D eigenvalue weighted by atomic mass is 79.9. The van der Waals surface area contributed by atoms with Gasteiger partial charge in [0.05, 0.1) is 16.8 Å². The molecule has 16 heavy (non-hydrogen) atoms. The van der Waals surface area contributed by atoms with Crippen LogP contribution in [0.4, 0.5) is 0 Å². The first-order chi connectivity index (χ1) is 7.83. The minimum atomic E-state index is 0.734. The second kappa shape index (κ2) is 4.31. The van der Waals surface area contributed by atoms with Crippen LogP contribution < -0.4 is 5.32 Å². The van der Waals surface area contributed by atoms with Gasteiger partial charge in [0, 0.05) is 28.0 Å². The van der Waals surface area contributed by atoms with Crippen molar-refractivity contribution in [1.82, 2.24) is 15.5 Å². The maximum atomic E-state index is 4.13. The molecule has 0 atom stereocenters. The van der Waals surface area contributed by atoms with Crippen LogP contribution in [0.2, 0.25) is 0 Å². The SMILES string of the molecule is Brc1csc(-c2[nH]ncc2CNC2CC2)c1. The second-order valence-electron chi connectivity index (χ2n) is 4.05. The predicted molar refractivity (Wildman–Crippen MR) is 69.5 cm³/mol. The summed E-state index contributed by atoms with van der Waals surface area (Å²) >= 11 is 5.20. The number of hydrogen-bond donors (Lipinski definition) is 2. The van der Waals surface area contributed by atoms with Crippen LogP contribution in [0.5, 0.6) is 0 Å². The molecule has 0 radical (unpaired) electrons. The number of nitrogens with one attached hydrogen (secondary N) is 2. The van der Waals surface area contributed by atoms with E-state index in [9.17, 15) is 0 Å². The average molecular weight is 298 g/mol. The van der Waals surface area contributed by atoms with Gasteiger partial charge in [-0.25, -0.2) is 0 Å². The van der Waals surface area contributed by atoms with Crippen molar-refractivity contribution in [3.63, 3.8) is 0 Å². The number of H-pyrrole nitrogens is 1. The van der Waals surface area contributed by atoms with Gasteiger partial charge in [-0.2, -0.15) is 5.10 Å². The smallest absolute Gasteiger partial charge is 0.0795 e. The number of nitrogens with zero attached hydrogens (tertiary/aromatic N) is 1. The molecule has 2 aromatic rings. The van der Waals surface area contributed by atoms with Crippen molar-refractivity contribution in [2.45, 2.75) is 25.4 Å². The van der Waals surface area contributed by atoms with Gasteiger partial charge in [0.15, 0.2) is 0 Å². The summed E-state index contributed by atoms with van der Waals surface area (Å²) in [6.07, 6.45) is 4.55. The largest absolute Gasteiger partial charge is 0.310 e. The first-order valence-corrected chi connectivity index (χ1v) is 7.00. The summed E-state index contributed by atoms with van der Waals surface area (Å²) in [6, 6.07) is 2.86. The normalized spacial score (nSPS) is 15.6. The van der Waals surface area contributed by atoms with Crippen LogP contribution in [-0.4, -0.2) is 16.2 Å². The van der Waals surface area contributed by atoms with Gasteiger partial charge >= 0.3 is 0 Å². The van der Waals surface area contributed by atoms with Crippen molar-refractivity contribution in [1.29, 1.82) is 0 Å². The third kappa shape index (κ3) is 2.21. The Morgan fingerprint density at radius 2 is 2.44 bits per heavy atom. The fourth-order valence-corrected chi connectivity index (χ4v) is 3.10. The molecule has 1 fully saturated rings. The van der Waals surface area contributed by atoms with Gasteiger partial charge in [-0.05, 0) is 34.8 Å². The summed E-state index contributed by atoms with van der Waals surface area (Å²) in [5.74, 6) is 0. The maximum Gasteiger partial charge on any atom is 0.0795 e. The molecule has 0 saturated heterocycles. The van der Waals surface area contributed by atoms with E-state index in [2.05, 4.69) is 42.9 Å². The van der Waals surface area contributed by atoms with Gasteiger partial charge in [-0.15, -0.1) is 11.3 Å². The summed E-state index contributed by atoms with van der Waals surface area (Å²) in [5.41, 5.74) is 2.39. The number of rotatable bonds is 4. The minimum absolute atomic E-state index is 0.734. The van der Waals surface area contributed by atoms with Crippen LogP contribution in [0, 0.1) is 0 Å². The molecule has 0 bridgehead atoms. The number of halogens is 1. The van der Waals surface area contributed by atoms with E-state index < -0.39 is 0 Å². The highest BCUT2D eigenvalue weighted by molar-refractivity contribution is 9.10. The maximum absolute atomic E-state index is 4.13. The van der Waals surface area contributed by atoms with Crippen molar-refractivity contribution in [2.24, 2.45) is 0 Å². The molecule has 2 N–H and O–H groups in total. The number of hydrogen-bond acceptors (Lipinski definition) is 3. The molecule has 84 valence electrons. The summed E-state index contributed by atoms with van der Waals surface area (Å²) in [6.45, 7) is 0.909. The zero-order chi connectivity index (χ0) is 11.0. The first kappa shape index (κ1) is 10.5. The lowest BCUT2D eigenvalue weighted by Gasteiger charge is -2.02. The molecular weight excluding hydrogens is 286 g/mol. The highest BCUT2D eigenvalue weighted by Gasteiger charge is 2.21. The molecule has 0 unspecified atom stereocenters. The lowest BCUT2D eigenvalue weighted by atomic mass is 10.2. The topological polar surface area (TPSA) is 40.7 Å². The van der Waals surface area contributed by atoms with E-state index in [0.29, 0.717) is 0 Å². The Morgan fingerprint density at radius 1 is 1.56 bits per heavy atom. The minimum Gasteiger partial charge on any atom is -0.310 e. The Bertz CT molecular complexity index is 487. The van der Waals surface area contributed by atoms with E-state index >= 15 is 0 Å². The highest BCUT2D eigenvalue weighted by Crippen LogP contribution is 2.31. The molecule has 0 aromatic carbocycles. The van der Waals surface area contributed by atoms with Crippen LogP contribution in [0.25, 0.3) is 10.6 Å². The van der Waals surface area contributed by atoms with E-state index in [0.717, 1.165) is 22.8 Å². The molecule has 2 aromatic heterocycles. The van der Waals surface area contributed by atoms with Gasteiger partial charge in [-0.3, -0.25) is 5.10 Å². The second-order valence-corrected chi connectivity index (χ2v) is 5.88. The van der Waals surface area contributed by atoms with Crippen molar-refractivity contribution < 1.29 is 0 Å². The molecule has 1 aliphatic rings. The fourth-order valence-electron chi connectivity index (χ4n) is 1.64. The molecule has 0 spiro atoms. The van der Waals surface area contributed by atoms with Crippen LogP contribution in [0.15, 0.2) is 22.1 Å². The first-order valence-electron chi connectivity index (χ1n) is 5.33. The number of aromatic nitrogens is 2.